The molecule has 0 unspecified atom stereocenters. The third-order valence-corrected chi connectivity index (χ3v) is 6.83. The molecule has 0 aliphatic carbocycles. The van der Waals surface area contributed by atoms with Crippen molar-refractivity contribution in [3.63, 3.8) is 0 Å². The molecule has 192 valence electrons. The highest BCUT2D eigenvalue weighted by Crippen LogP contribution is 2.33. The van der Waals surface area contributed by atoms with E-state index in [0.717, 1.165) is 39.9 Å². The third-order valence-electron chi connectivity index (χ3n) is 5.87. The number of rotatable bonds is 7. The first-order chi connectivity index (χ1) is 18.3. The van der Waals surface area contributed by atoms with Crippen LogP contribution in [0.25, 0.3) is 33.5 Å². The van der Waals surface area contributed by atoms with Crippen LogP contribution in [0.2, 0.25) is 0 Å². The van der Waals surface area contributed by atoms with Crippen molar-refractivity contribution < 1.29 is 18.0 Å². The zero-order chi connectivity index (χ0) is 26.7. The minimum atomic E-state index is -4.49. The Kier molecular flexibility index (Phi) is 7.15. The number of anilines is 1. The highest BCUT2D eigenvalue weighted by atomic mass is 32.2. The summed E-state index contributed by atoms with van der Waals surface area (Å²) in [6.07, 6.45) is -4.49. The number of thioether (sulfide) groups is 1. The van der Waals surface area contributed by atoms with Gasteiger partial charge in [0.2, 0.25) is 5.91 Å². The lowest BCUT2D eigenvalue weighted by Crippen LogP contribution is -2.15. The van der Waals surface area contributed by atoms with Crippen molar-refractivity contribution in [2.45, 2.75) is 24.8 Å². The van der Waals surface area contributed by atoms with E-state index < -0.39 is 17.6 Å². The van der Waals surface area contributed by atoms with Crippen LogP contribution in [0.3, 0.4) is 0 Å². The van der Waals surface area contributed by atoms with Gasteiger partial charge in [-0.3, -0.25) is 4.79 Å². The van der Waals surface area contributed by atoms with Gasteiger partial charge in [-0.05, 0) is 37.3 Å². The van der Waals surface area contributed by atoms with Crippen molar-refractivity contribution >= 4 is 34.3 Å². The molecule has 10 heteroatoms. The van der Waals surface area contributed by atoms with Crippen LogP contribution in [-0.2, 0) is 17.5 Å². The second-order valence-electron chi connectivity index (χ2n) is 8.40. The second-order valence-corrected chi connectivity index (χ2v) is 9.35. The molecule has 5 rings (SSSR count). The summed E-state index contributed by atoms with van der Waals surface area (Å²) in [6, 6.07) is 24.2. The number of pyridine rings is 1. The fourth-order valence-corrected chi connectivity index (χ4v) is 4.90. The Morgan fingerprint density at radius 3 is 2.47 bits per heavy atom. The van der Waals surface area contributed by atoms with E-state index in [1.807, 2.05) is 72.2 Å². The predicted octanol–water partition coefficient (Wildman–Crippen LogP) is 6.93. The largest absolute Gasteiger partial charge is 0.416 e. The molecular formula is C28H22F3N5OS. The highest BCUT2D eigenvalue weighted by molar-refractivity contribution is 7.99. The van der Waals surface area contributed by atoms with E-state index in [-0.39, 0.29) is 11.4 Å². The second kappa shape index (κ2) is 10.7. The molecule has 2 aromatic heterocycles. The van der Waals surface area contributed by atoms with Crippen LogP contribution in [0.5, 0.6) is 0 Å². The van der Waals surface area contributed by atoms with Crippen LogP contribution < -0.4 is 5.32 Å². The lowest BCUT2D eigenvalue weighted by molar-refractivity contribution is -0.137. The molecule has 2 heterocycles. The van der Waals surface area contributed by atoms with Gasteiger partial charge in [-0.2, -0.15) is 13.2 Å². The standard InChI is InChI=1S/C28H22F3N5OS/c1-2-36-26(22-16-24(18-9-4-3-5-10-18)33-23-14-7-6-13-21(22)23)34-35-27(36)38-17-25(37)32-20-12-8-11-19(15-20)28(29,30)31/h3-16H,2,17H2,1H3,(H,32,37). The van der Waals surface area contributed by atoms with E-state index in [4.69, 9.17) is 4.98 Å². The molecule has 0 spiro atoms. The Morgan fingerprint density at radius 2 is 1.71 bits per heavy atom. The summed E-state index contributed by atoms with van der Waals surface area (Å²) in [7, 11) is 0. The summed E-state index contributed by atoms with van der Waals surface area (Å²) in [5, 5.41) is 12.8. The molecule has 0 bridgehead atoms. The van der Waals surface area contributed by atoms with Crippen molar-refractivity contribution in [3.8, 4) is 22.6 Å². The first-order valence-corrected chi connectivity index (χ1v) is 12.8. The molecule has 5 aromatic rings. The minimum Gasteiger partial charge on any atom is -0.325 e. The third kappa shape index (κ3) is 5.40. The van der Waals surface area contributed by atoms with Gasteiger partial charge >= 0.3 is 6.18 Å². The summed E-state index contributed by atoms with van der Waals surface area (Å²) in [6.45, 7) is 2.51. The van der Waals surface area contributed by atoms with E-state index in [0.29, 0.717) is 17.5 Å². The number of carbonyl (C=O) groups is 1. The zero-order valence-corrected chi connectivity index (χ0v) is 21.1. The van der Waals surface area contributed by atoms with E-state index in [1.54, 1.807) is 0 Å². The molecule has 1 N–H and O–H groups in total. The number of nitrogens with one attached hydrogen (secondary N) is 1. The summed E-state index contributed by atoms with van der Waals surface area (Å²) < 4.78 is 40.9. The number of carbonyl (C=O) groups excluding carboxylic acids is 1. The Labute approximate surface area is 220 Å². The van der Waals surface area contributed by atoms with Crippen LogP contribution in [0.15, 0.2) is 90.1 Å². The van der Waals surface area contributed by atoms with Crippen molar-refractivity contribution in [2.75, 3.05) is 11.1 Å². The van der Waals surface area contributed by atoms with Gasteiger partial charge in [-0.1, -0.05) is 66.4 Å². The number of fused-ring (bicyclic) bond motifs is 1. The molecule has 0 saturated carbocycles. The fourth-order valence-electron chi connectivity index (χ4n) is 4.10. The molecule has 0 radical (unpaired) electrons. The monoisotopic (exact) mass is 533 g/mol. The van der Waals surface area contributed by atoms with Gasteiger partial charge < -0.3 is 9.88 Å². The van der Waals surface area contributed by atoms with Gasteiger partial charge in [0.1, 0.15) is 0 Å². The molecule has 1 amide bonds. The number of hydrogen-bond acceptors (Lipinski definition) is 5. The topological polar surface area (TPSA) is 72.7 Å². The van der Waals surface area contributed by atoms with Gasteiger partial charge in [-0.15, -0.1) is 10.2 Å². The van der Waals surface area contributed by atoms with Gasteiger partial charge in [0.25, 0.3) is 0 Å². The molecule has 38 heavy (non-hydrogen) atoms. The van der Waals surface area contributed by atoms with Crippen LogP contribution >= 0.6 is 11.8 Å². The van der Waals surface area contributed by atoms with Gasteiger partial charge in [-0.25, -0.2) is 4.98 Å². The maximum Gasteiger partial charge on any atom is 0.416 e. The fraction of sp³-hybridized carbons (Fsp3) is 0.143. The lowest BCUT2D eigenvalue weighted by Gasteiger charge is -2.12. The van der Waals surface area contributed by atoms with Gasteiger partial charge in [0.05, 0.1) is 22.5 Å². The average Bonchev–Trinajstić information content (AvgIpc) is 3.34. The first-order valence-electron chi connectivity index (χ1n) is 11.8. The Balaban J connectivity index is 1.41. The van der Waals surface area contributed by atoms with Crippen LogP contribution in [-0.4, -0.2) is 31.4 Å². The minimum absolute atomic E-state index is 0.0409. The molecule has 0 aliphatic rings. The summed E-state index contributed by atoms with van der Waals surface area (Å²) >= 11 is 1.17. The van der Waals surface area contributed by atoms with Crippen LogP contribution in [0.1, 0.15) is 12.5 Å². The predicted molar refractivity (Wildman–Crippen MR) is 143 cm³/mol. The SMILES string of the molecule is CCn1c(SCC(=O)Nc2cccc(C(F)(F)F)c2)nnc1-c1cc(-c2ccccc2)nc2ccccc12. The van der Waals surface area contributed by atoms with E-state index in [9.17, 15) is 18.0 Å². The smallest absolute Gasteiger partial charge is 0.325 e. The number of hydrogen-bond donors (Lipinski definition) is 1. The maximum atomic E-state index is 13.0. The lowest BCUT2D eigenvalue weighted by atomic mass is 10.0. The molecular weight excluding hydrogens is 511 g/mol. The van der Waals surface area contributed by atoms with Crippen LogP contribution in [0.4, 0.5) is 18.9 Å². The Hall–Kier alpha value is -4.18. The quantitative estimate of drug-likeness (QED) is 0.230. The van der Waals surface area contributed by atoms with Gasteiger partial charge in [0, 0.05) is 28.7 Å². The first kappa shape index (κ1) is 25.5. The molecule has 0 aliphatic heterocycles. The van der Waals surface area contributed by atoms with Crippen molar-refractivity contribution in [2.24, 2.45) is 0 Å². The highest BCUT2D eigenvalue weighted by Gasteiger charge is 2.30. The zero-order valence-electron chi connectivity index (χ0n) is 20.2. The number of benzene rings is 3. The normalized spacial score (nSPS) is 11.6. The van der Waals surface area contributed by atoms with Crippen molar-refractivity contribution in [1.29, 1.82) is 0 Å². The van der Waals surface area contributed by atoms with Crippen LogP contribution in [0, 0.1) is 0 Å². The Bertz CT molecular complexity index is 1600. The van der Waals surface area contributed by atoms with E-state index >= 15 is 0 Å². The molecule has 3 aromatic carbocycles. The van der Waals surface area contributed by atoms with Gasteiger partial charge in [0.15, 0.2) is 11.0 Å². The number of para-hydroxylation sites is 1. The number of alkyl halides is 3. The summed E-state index contributed by atoms with van der Waals surface area (Å²) in [4.78, 5) is 17.3. The molecule has 0 fully saturated rings. The number of nitrogens with zero attached hydrogens (tertiary/aromatic N) is 4. The molecule has 0 saturated heterocycles. The van der Waals surface area contributed by atoms with Crippen molar-refractivity contribution in [1.82, 2.24) is 19.7 Å². The number of aromatic nitrogens is 4. The average molecular weight is 534 g/mol. The molecule has 0 atom stereocenters. The summed E-state index contributed by atoms with van der Waals surface area (Å²) in [5.41, 5.74) is 2.73. The van der Waals surface area contributed by atoms with Crippen molar-refractivity contribution in [3.05, 3.63) is 90.5 Å². The maximum absolute atomic E-state index is 13.0. The van der Waals surface area contributed by atoms with E-state index in [1.165, 1.54) is 23.9 Å². The number of halogens is 3. The Morgan fingerprint density at radius 1 is 0.947 bits per heavy atom. The number of amides is 1. The summed E-state index contributed by atoms with van der Waals surface area (Å²) in [5.74, 6) is 0.159. The van der Waals surface area contributed by atoms with E-state index in [2.05, 4.69) is 15.5 Å². The molecule has 6 nitrogen and oxygen atoms in total.